The van der Waals surface area contributed by atoms with Crippen molar-refractivity contribution in [2.24, 2.45) is 5.73 Å². The second-order valence-corrected chi connectivity index (χ2v) is 3.17. The number of nitrogens with two attached hydrogens (primary N) is 2. The molecule has 0 aromatic heterocycles. The van der Waals surface area contributed by atoms with E-state index in [0.717, 1.165) is 0 Å². The van der Waals surface area contributed by atoms with Gasteiger partial charge in [-0.2, -0.15) is 0 Å². The molecular formula is C10H14FN3O. The minimum absolute atomic E-state index is 0.210. The molecule has 1 amide bonds. The fourth-order valence-electron chi connectivity index (χ4n) is 1.11. The van der Waals surface area contributed by atoms with Gasteiger partial charge in [0.2, 0.25) is 5.91 Å². The lowest BCUT2D eigenvalue weighted by atomic mass is 10.2. The number of carbonyl (C=O) groups is 1. The zero-order valence-electron chi connectivity index (χ0n) is 8.29. The highest BCUT2D eigenvalue weighted by atomic mass is 19.1. The summed E-state index contributed by atoms with van der Waals surface area (Å²) in [4.78, 5) is 11.3. The largest absolute Gasteiger partial charge is 0.397 e. The first-order chi connectivity index (χ1) is 7.13. The van der Waals surface area contributed by atoms with Gasteiger partial charge in [-0.3, -0.25) is 4.79 Å². The maximum atomic E-state index is 12.8. The monoisotopic (exact) mass is 211 g/mol. The van der Waals surface area contributed by atoms with Crippen LogP contribution in [-0.4, -0.2) is 12.5 Å². The Labute approximate surface area is 87.4 Å². The summed E-state index contributed by atoms with van der Waals surface area (Å²) in [6.07, 6.45) is 0.910. The van der Waals surface area contributed by atoms with Gasteiger partial charge in [-0.1, -0.05) is 0 Å². The zero-order chi connectivity index (χ0) is 11.3. The Morgan fingerprint density at radius 1 is 1.47 bits per heavy atom. The lowest BCUT2D eigenvalue weighted by Crippen LogP contribution is -2.14. The molecule has 1 aromatic rings. The highest BCUT2D eigenvalue weighted by Crippen LogP contribution is 2.19. The molecule has 82 valence electrons. The average Bonchev–Trinajstić information content (AvgIpc) is 2.20. The lowest BCUT2D eigenvalue weighted by molar-refractivity contribution is -0.116. The summed E-state index contributed by atoms with van der Waals surface area (Å²) >= 11 is 0. The molecule has 0 heterocycles. The molecule has 5 N–H and O–H groups in total. The van der Waals surface area contributed by atoms with Crippen molar-refractivity contribution >= 4 is 17.3 Å². The Kier molecular flexibility index (Phi) is 4.05. The molecule has 4 nitrogen and oxygen atoms in total. The maximum Gasteiger partial charge on any atom is 0.224 e. The number of nitrogens with one attached hydrogen (secondary N) is 1. The fourth-order valence-corrected chi connectivity index (χ4v) is 1.11. The summed E-state index contributed by atoms with van der Waals surface area (Å²) in [7, 11) is 0. The van der Waals surface area contributed by atoms with Crippen LogP contribution >= 0.6 is 0 Å². The van der Waals surface area contributed by atoms with Gasteiger partial charge in [0.05, 0.1) is 11.4 Å². The first-order valence-electron chi connectivity index (χ1n) is 4.68. The van der Waals surface area contributed by atoms with Crippen molar-refractivity contribution in [3.63, 3.8) is 0 Å². The Bertz CT molecular complexity index is 355. The van der Waals surface area contributed by atoms with E-state index in [2.05, 4.69) is 5.32 Å². The third-order valence-corrected chi connectivity index (χ3v) is 1.90. The molecule has 0 atom stereocenters. The van der Waals surface area contributed by atoms with Gasteiger partial charge < -0.3 is 16.8 Å². The molecular weight excluding hydrogens is 197 g/mol. The zero-order valence-corrected chi connectivity index (χ0v) is 8.29. The van der Waals surface area contributed by atoms with Crippen molar-refractivity contribution in [3.8, 4) is 0 Å². The first-order valence-corrected chi connectivity index (χ1v) is 4.68. The topological polar surface area (TPSA) is 81.1 Å². The van der Waals surface area contributed by atoms with Gasteiger partial charge in [0, 0.05) is 6.42 Å². The van der Waals surface area contributed by atoms with Crippen LogP contribution in [0.2, 0.25) is 0 Å². The minimum Gasteiger partial charge on any atom is -0.397 e. The number of amides is 1. The van der Waals surface area contributed by atoms with Gasteiger partial charge >= 0.3 is 0 Å². The number of nitrogen functional groups attached to an aromatic ring is 1. The van der Waals surface area contributed by atoms with Crippen LogP contribution in [0.15, 0.2) is 18.2 Å². The molecule has 1 aromatic carbocycles. The van der Waals surface area contributed by atoms with Crippen LogP contribution in [0.25, 0.3) is 0 Å². The van der Waals surface area contributed by atoms with Crippen molar-refractivity contribution in [3.05, 3.63) is 24.0 Å². The number of benzene rings is 1. The molecule has 1 rings (SSSR count). The third kappa shape index (κ3) is 3.55. The number of rotatable bonds is 4. The predicted octanol–water partition coefficient (Wildman–Crippen LogP) is 1.09. The highest BCUT2D eigenvalue weighted by molar-refractivity contribution is 5.93. The molecule has 0 fully saturated rings. The van der Waals surface area contributed by atoms with Crippen LogP contribution in [0, 0.1) is 5.82 Å². The van der Waals surface area contributed by atoms with E-state index >= 15 is 0 Å². The van der Waals surface area contributed by atoms with Gasteiger partial charge in [0.1, 0.15) is 5.82 Å². The number of halogens is 1. The standard InChI is InChI=1S/C10H14FN3O/c11-7-3-4-8(13)9(6-7)14-10(15)2-1-5-12/h3-4,6H,1-2,5,12-13H2,(H,14,15). The van der Waals surface area contributed by atoms with Crippen molar-refractivity contribution in [2.75, 3.05) is 17.6 Å². The van der Waals surface area contributed by atoms with E-state index in [1.165, 1.54) is 18.2 Å². The van der Waals surface area contributed by atoms with Gasteiger partial charge in [-0.05, 0) is 31.2 Å². The second-order valence-electron chi connectivity index (χ2n) is 3.17. The molecule has 0 spiro atoms. The van der Waals surface area contributed by atoms with Gasteiger partial charge in [0.15, 0.2) is 0 Å². The fraction of sp³-hybridized carbons (Fsp3) is 0.300. The smallest absolute Gasteiger partial charge is 0.224 e. The van der Waals surface area contributed by atoms with Gasteiger partial charge in [0.25, 0.3) is 0 Å². The summed E-state index contributed by atoms with van der Waals surface area (Å²) < 4.78 is 12.8. The van der Waals surface area contributed by atoms with E-state index in [1.807, 2.05) is 0 Å². The molecule has 0 aliphatic rings. The molecule has 0 radical (unpaired) electrons. The van der Waals surface area contributed by atoms with Crippen LogP contribution < -0.4 is 16.8 Å². The van der Waals surface area contributed by atoms with Crippen LogP contribution in [0.1, 0.15) is 12.8 Å². The van der Waals surface area contributed by atoms with Crippen LogP contribution in [0.4, 0.5) is 15.8 Å². The summed E-state index contributed by atoms with van der Waals surface area (Å²) in [5, 5.41) is 2.53. The number of hydrogen-bond acceptors (Lipinski definition) is 3. The van der Waals surface area contributed by atoms with E-state index in [4.69, 9.17) is 11.5 Å². The van der Waals surface area contributed by atoms with E-state index in [1.54, 1.807) is 0 Å². The molecule has 5 heteroatoms. The van der Waals surface area contributed by atoms with Crippen LogP contribution in [0.3, 0.4) is 0 Å². The summed E-state index contributed by atoms with van der Waals surface area (Å²) in [6.45, 7) is 0.450. The lowest BCUT2D eigenvalue weighted by Gasteiger charge is -2.07. The number of anilines is 2. The first kappa shape index (κ1) is 11.5. The maximum absolute atomic E-state index is 12.8. The summed E-state index contributed by atoms with van der Waals surface area (Å²) in [5.74, 6) is -0.643. The summed E-state index contributed by atoms with van der Waals surface area (Å²) in [6, 6.07) is 3.84. The summed E-state index contributed by atoms with van der Waals surface area (Å²) in [5.41, 5.74) is 11.5. The van der Waals surface area contributed by atoms with E-state index < -0.39 is 5.82 Å². The SMILES string of the molecule is NCCCC(=O)Nc1cc(F)ccc1N. The van der Waals surface area contributed by atoms with Crippen molar-refractivity contribution in [1.29, 1.82) is 0 Å². The Morgan fingerprint density at radius 3 is 2.87 bits per heavy atom. The van der Waals surface area contributed by atoms with E-state index in [-0.39, 0.29) is 5.91 Å². The Balaban J connectivity index is 2.63. The Morgan fingerprint density at radius 2 is 2.20 bits per heavy atom. The molecule has 0 aliphatic heterocycles. The predicted molar refractivity (Wildman–Crippen MR) is 57.7 cm³/mol. The Hall–Kier alpha value is -1.62. The molecule has 0 saturated carbocycles. The quantitative estimate of drug-likeness (QED) is 0.652. The molecule has 0 aliphatic carbocycles. The average molecular weight is 211 g/mol. The third-order valence-electron chi connectivity index (χ3n) is 1.90. The number of hydrogen-bond donors (Lipinski definition) is 3. The number of carbonyl (C=O) groups excluding carboxylic acids is 1. The highest BCUT2D eigenvalue weighted by Gasteiger charge is 2.05. The van der Waals surface area contributed by atoms with Gasteiger partial charge in [-0.15, -0.1) is 0 Å². The van der Waals surface area contributed by atoms with Crippen LogP contribution in [-0.2, 0) is 4.79 Å². The second kappa shape index (κ2) is 5.31. The van der Waals surface area contributed by atoms with Gasteiger partial charge in [-0.25, -0.2) is 4.39 Å². The molecule has 15 heavy (non-hydrogen) atoms. The van der Waals surface area contributed by atoms with Crippen molar-refractivity contribution in [2.45, 2.75) is 12.8 Å². The van der Waals surface area contributed by atoms with Crippen molar-refractivity contribution < 1.29 is 9.18 Å². The molecule has 0 saturated heterocycles. The van der Waals surface area contributed by atoms with Crippen molar-refractivity contribution in [1.82, 2.24) is 0 Å². The normalized spacial score (nSPS) is 10.0. The van der Waals surface area contributed by atoms with Crippen LogP contribution in [0.5, 0.6) is 0 Å². The van der Waals surface area contributed by atoms with E-state index in [9.17, 15) is 9.18 Å². The molecule has 0 unspecified atom stereocenters. The molecule has 0 bridgehead atoms. The minimum atomic E-state index is -0.432. The van der Waals surface area contributed by atoms with E-state index in [0.29, 0.717) is 30.8 Å².